The lowest BCUT2D eigenvalue weighted by molar-refractivity contribution is -0.137. The second-order valence-electron chi connectivity index (χ2n) is 4.41. The van der Waals surface area contributed by atoms with Gasteiger partial charge in [0, 0.05) is 27.9 Å². The Morgan fingerprint density at radius 1 is 1.47 bits per heavy atom. The first-order valence-corrected chi connectivity index (χ1v) is 7.40. The van der Waals surface area contributed by atoms with Crippen LogP contribution in [0, 0.1) is 0 Å². The lowest BCUT2D eigenvalue weighted by Crippen LogP contribution is -2.16. The summed E-state index contributed by atoms with van der Waals surface area (Å²) in [6.45, 7) is 0.232. The summed E-state index contributed by atoms with van der Waals surface area (Å²) in [6, 6.07) is 5.97. The molecule has 1 aromatic heterocycles. The van der Waals surface area contributed by atoms with Gasteiger partial charge in [0.1, 0.15) is 0 Å². The molecule has 98 valence electrons. The molecular weight excluding hydrogens is 330 g/mol. The molecule has 0 aliphatic heterocycles. The quantitative estimate of drug-likeness (QED) is 0.798. The number of rotatable bonds is 3. The van der Waals surface area contributed by atoms with Crippen molar-refractivity contribution in [3.63, 3.8) is 0 Å². The van der Waals surface area contributed by atoms with Crippen molar-refractivity contribution >= 4 is 33.2 Å². The number of fused-ring (bicyclic) bond motifs is 3. The van der Waals surface area contributed by atoms with Crippen LogP contribution < -0.4 is 4.87 Å². The van der Waals surface area contributed by atoms with Crippen molar-refractivity contribution in [3.8, 4) is 11.3 Å². The number of nitrogens with zero attached hydrogens (tertiary/aromatic N) is 1. The molecule has 0 fully saturated rings. The predicted octanol–water partition coefficient (Wildman–Crippen LogP) is 2.72. The van der Waals surface area contributed by atoms with Gasteiger partial charge >= 0.3 is 10.8 Å². The molecule has 1 heterocycles. The number of thiazole rings is 1. The number of hydrogen-bond donors (Lipinski definition) is 1. The van der Waals surface area contributed by atoms with E-state index in [0.717, 1.165) is 27.0 Å². The molecule has 4 nitrogen and oxygen atoms in total. The number of aromatic nitrogens is 1. The van der Waals surface area contributed by atoms with Crippen molar-refractivity contribution < 1.29 is 9.90 Å². The number of carboxylic acid groups (broad SMARTS) is 1. The third kappa shape index (κ3) is 2.15. The summed E-state index contributed by atoms with van der Waals surface area (Å²) in [5, 5.41) is 8.77. The third-order valence-corrected chi connectivity index (χ3v) is 4.66. The van der Waals surface area contributed by atoms with Crippen LogP contribution in [0.1, 0.15) is 16.9 Å². The summed E-state index contributed by atoms with van der Waals surface area (Å²) in [5.74, 6) is -0.888. The summed E-state index contributed by atoms with van der Waals surface area (Å²) < 4.78 is 2.61. The maximum absolute atomic E-state index is 11.9. The van der Waals surface area contributed by atoms with Crippen LogP contribution in [0.3, 0.4) is 0 Å². The molecule has 1 N–H and O–H groups in total. The zero-order valence-electron chi connectivity index (χ0n) is 9.85. The van der Waals surface area contributed by atoms with Gasteiger partial charge in [-0.3, -0.25) is 14.2 Å². The lowest BCUT2D eigenvalue weighted by atomic mass is 10.1. The Morgan fingerprint density at radius 2 is 2.26 bits per heavy atom. The minimum Gasteiger partial charge on any atom is -0.481 e. The largest absolute Gasteiger partial charge is 0.481 e. The number of carbonyl (C=O) groups is 1. The van der Waals surface area contributed by atoms with Crippen molar-refractivity contribution in [2.24, 2.45) is 0 Å². The molecule has 0 spiro atoms. The molecule has 1 aliphatic carbocycles. The average Bonchev–Trinajstić information content (AvgIpc) is 2.80. The highest BCUT2D eigenvalue weighted by Gasteiger charge is 2.25. The van der Waals surface area contributed by atoms with Crippen LogP contribution in [0.4, 0.5) is 0 Å². The normalized spacial score (nSPS) is 12.3. The number of carboxylic acids is 1. The molecule has 0 saturated heterocycles. The van der Waals surface area contributed by atoms with Crippen LogP contribution in [0.2, 0.25) is 0 Å². The average molecular weight is 340 g/mol. The molecule has 1 aromatic carbocycles. The van der Waals surface area contributed by atoms with Gasteiger partial charge in [0.05, 0.1) is 12.1 Å². The number of halogens is 1. The molecule has 6 heteroatoms. The zero-order chi connectivity index (χ0) is 13.6. The van der Waals surface area contributed by atoms with Gasteiger partial charge in [-0.25, -0.2) is 0 Å². The van der Waals surface area contributed by atoms with Gasteiger partial charge in [-0.2, -0.15) is 0 Å². The van der Waals surface area contributed by atoms with E-state index in [-0.39, 0.29) is 17.8 Å². The molecule has 0 bridgehead atoms. The fourth-order valence-electron chi connectivity index (χ4n) is 2.39. The maximum Gasteiger partial charge on any atom is 0.307 e. The molecule has 0 amide bonds. The molecule has 0 unspecified atom stereocenters. The van der Waals surface area contributed by atoms with Crippen LogP contribution in [0.25, 0.3) is 11.3 Å². The van der Waals surface area contributed by atoms with Gasteiger partial charge in [-0.1, -0.05) is 33.3 Å². The van der Waals surface area contributed by atoms with Gasteiger partial charge < -0.3 is 5.11 Å². The van der Waals surface area contributed by atoms with E-state index in [1.165, 1.54) is 16.9 Å². The summed E-state index contributed by atoms with van der Waals surface area (Å²) in [4.78, 5) is 23.6. The van der Waals surface area contributed by atoms with E-state index in [0.29, 0.717) is 0 Å². The molecule has 3 rings (SSSR count). The first-order chi connectivity index (χ1) is 9.06. The van der Waals surface area contributed by atoms with E-state index in [2.05, 4.69) is 15.9 Å². The SMILES string of the molecule is O=C(O)CCn1c2c(sc1=O)Cc1cc(Br)ccc1-2. The first kappa shape index (κ1) is 12.6. The van der Waals surface area contributed by atoms with Gasteiger partial charge in [0.15, 0.2) is 0 Å². The van der Waals surface area contributed by atoms with Crippen LogP contribution in [-0.2, 0) is 17.8 Å². The standard InChI is InChI=1S/C13H10BrNO3S/c14-8-1-2-9-7(5-8)6-10-12(9)15(13(18)19-10)4-3-11(16)17/h1-2,5H,3-4,6H2,(H,16,17). The van der Waals surface area contributed by atoms with Crippen LogP contribution in [0.5, 0.6) is 0 Å². The van der Waals surface area contributed by atoms with Crippen LogP contribution in [0.15, 0.2) is 27.5 Å². The highest BCUT2D eigenvalue weighted by molar-refractivity contribution is 9.10. The lowest BCUT2D eigenvalue weighted by Gasteiger charge is -2.06. The molecule has 0 atom stereocenters. The highest BCUT2D eigenvalue weighted by Crippen LogP contribution is 2.39. The van der Waals surface area contributed by atoms with Gasteiger partial charge in [-0.15, -0.1) is 0 Å². The number of aliphatic carboxylic acids is 1. The van der Waals surface area contributed by atoms with E-state index < -0.39 is 5.97 Å². The van der Waals surface area contributed by atoms with Gasteiger partial charge in [0.25, 0.3) is 0 Å². The molecule has 2 aromatic rings. The van der Waals surface area contributed by atoms with Crippen molar-refractivity contribution in [3.05, 3.63) is 42.8 Å². The second kappa shape index (κ2) is 4.61. The van der Waals surface area contributed by atoms with E-state index in [1.54, 1.807) is 4.57 Å². The Balaban J connectivity index is 2.09. The molecule has 19 heavy (non-hydrogen) atoms. The van der Waals surface area contributed by atoms with E-state index in [4.69, 9.17) is 5.11 Å². The Hall–Kier alpha value is -1.40. The van der Waals surface area contributed by atoms with Crippen molar-refractivity contribution in [2.45, 2.75) is 19.4 Å². The maximum atomic E-state index is 11.9. The minimum absolute atomic E-state index is 0.0328. The molecule has 0 radical (unpaired) electrons. The Kier molecular flexibility index (Phi) is 3.06. The fraction of sp³-hybridized carbons (Fsp3) is 0.231. The number of benzene rings is 1. The summed E-state index contributed by atoms with van der Waals surface area (Å²) in [5.41, 5.74) is 3.13. The third-order valence-electron chi connectivity index (χ3n) is 3.19. The topological polar surface area (TPSA) is 59.3 Å². The van der Waals surface area contributed by atoms with E-state index in [1.807, 2.05) is 18.2 Å². The van der Waals surface area contributed by atoms with Crippen molar-refractivity contribution in [1.29, 1.82) is 0 Å². The van der Waals surface area contributed by atoms with E-state index in [9.17, 15) is 9.59 Å². The van der Waals surface area contributed by atoms with Crippen LogP contribution >= 0.6 is 27.3 Å². The smallest absolute Gasteiger partial charge is 0.307 e. The summed E-state index contributed by atoms with van der Waals surface area (Å²) >= 11 is 4.65. The van der Waals surface area contributed by atoms with Gasteiger partial charge in [0.2, 0.25) is 0 Å². The van der Waals surface area contributed by atoms with E-state index >= 15 is 0 Å². The Labute approximate surface area is 121 Å². The fourth-order valence-corrected chi connectivity index (χ4v) is 3.85. The minimum atomic E-state index is -0.888. The predicted molar refractivity (Wildman–Crippen MR) is 76.8 cm³/mol. The van der Waals surface area contributed by atoms with Crippen LogP contribution in [-0.4, -0.2) is 15.6 Å². The summed E-state index contributed by atoms with van der Waals surface area (Å²) in [6.07, 6.45) is 0.721. The first-order valence-electron chi connectivity index (χ1n) is 5.79. The number of hydrogen-bond acceptors (Lipinski definition) is 3. The zero-order valence-corrected chi connectivity index (χ0v) is 12.3. The van der Waals surface area contributed by atoms with Crippen molar-refractivity contribution in [1.82, 2.24) is 4.57 Å². The molecular formula is C13H10BrNO3S. The molecule has 0 saturated carbocycles. The Morgan fingerprint density at radius 3 is 3.00 bits per heavy atom. The monoisotopic (exact) mass is 339 g/mol. The molecule has 1 aliphatic rings. The second-order valence-corrected chi connectivity index (χ2v) is 6.38. The van der Waals surface area contributed by atoms with Crippen molar-refractivity contribution in [2.75, 3.05) is 0 Å². The Bertz CT molecular complexity index is 732. The highest BCUT2D eigenvalue weighted by atomic mass is 79.9. The van der Waals surface area contributed by atoms with Gasteiger partial charge in [-0.05, 0) is 17.7 Å². The summed E-state index contributed by atoms with van der Waals surface area (Å²) in [7, 11) is 0.